The van der Waals surface area contributed by atoms with Gasteiger partial charge in [0.2, 0.25) is 9.84 Å². The molecule has 0 amide bonds. The number of hydrogen-bond acceptors (Lipinski definition) is 2. The number of aryl methyl sites for hydroxylation is 1. The predicted octanol–water partition coefficient (Wildman–Crippen LogP) is 5.39. The molecule has 1 radical (unpaired) electrons. The first-order chi connectivity index (χ1) is 12.9. The first kappa shape index (κ1) is 20.5. The monoisotopic (exact) mass is 404 g/mol. The summed E-state index contributed by atoms with van der Waals surface area (Å²) in [5.74, 6) is -1.84. The van der Waals surface area contributed by atoms with Gasteiger partial charge in [0.05, 0.1) is 9.79 Å². The van der Waals surface area contributed by atoms with Gasteiger partial charge in [-0.1, -0.05) is 20.8 Å². The highest BCUT2D eigenvalue weighted by molar-refractivity contribution is 7.91. The fraction of sp³-hybridized carbons (Fsp3) is 0.318. The summed E-state index contributed by atoms with van der Waals surface area (Å²) in [4.78, 5) is -0.368. The van der Waals surface area contributed by atoms with Gasteiger partial charge in [0.1, 0.15) is 11.6 Å². The van der Waals surface area contributed by atoms with Gasteiger partial charge in [0, 0.05) is 29.7 Å². The van der Waals surface area contributed by atoms with Crippen molar-refractivity contribution in [3.63, 3.8) is 0 Å². The number of rotatable bonds is 4. The van der Waals surface area contributed by atoms with E-state index in [9.17, 15) is 17.2 Å². The molecule has 2 aromatic carbocycles. The molecule has 0 unspecified atom stereocenters. The summed E-state index contributed by atoms with van der Waals surface area (Å²) in [6, 6.07) is 7.17. The van der Waals surface area contributed by atoms with Crippen LogP contribution in [0, 0.1) is 30.4 Å². The van der Waals surface area contributed by atoms with Gasteiger partial charge in [-0.05, 0) is 61.1 Å². The molecule has 3 nitrogen and oxygen atoms in total. The molecule has 3 rings (SSSR count). The lowest BCUT2D eigenvalue weighted by Crippen LogP contribution is -2.08. The maximum atomic E-state index is 13.5. The molecule has 28 heavy (non-hydrogen) atoms. The van der Waals surface area contributed by atoms with Crippen molar-refractivity contribution in [3.05, 3.63) is 65.7 Å². The Labute approximate surface area is 164 Å². The van der Waals surface area contributed by atoms with Crippen LogP contribution in [-0.2, 0) is 23.3 Å². The third-order valence-electron chi connectivity index (χ3n) is 4.97. The Morgan fingerprint density at radius 2 is 1.61 bits per heavy atom. The Hall–Kier alpha value is -2.21. The molecule has 1 aromatic heterocycles. The van der Waals surface area contributed by atoms with E-state index in [0.717, 1.165) is 34.3 Å². The zero-order valence-electron chi connectivity index (χ0n) is 16.7. The van der Waals surface area contributed by atoms with E-state index in [1.165, 1.54) is 6.07 Å². The molecule has 0 fully saturated rings. The summed E-state index contributed by atoms with van der Waals surface area (Å²) in [6.07, 6.45) is 2.89. The third-order valence-corrected chi connectivity index (χ3v) is 6.70. The van der Waals surface area contributed by atoms with Gasteiger partial charge < -0.3 is 4.57 Å². The van der Waals surface area contributed by atoms with E-state index < -0.39 is 21.5 Å². The van der Waals surface area contributed by atoms with E-state index in [4.69, 9.17) is 0 Å². The first-order valence-electron chi connectivity index (χ1n) is 9.03. The van der Waals surface area contributed by atoms with E-state index in [-0.39, 0.29) is 15.2 Å². The largest absolute Gasteiger partial charge is 0.348 e. The van der Waals surface area contributed by atoms with E-state index in [0.29, 0.717) is 12.5 Å². The molecule has 3 aromatic rings. The Kier molecular flexibility index (Phi) is 5.13. The quantitative estimate of drug-likeness (QED) is 0.585. The zero-order chi connectivity index (χ0) is 20.9. The molecule has 0 atom stereocenters. The normalized spacial score (nSPS) is 12.7. The second-order valence-corrected chi connectivity index (χ2v) is 10.1. The van der Waals surface area contributed by atoms with Crippen molar-refractivity contribution < 1.29 is 17.2 Å². The molecule has 0 bridgehead atoms. The molecule has 0 aliphatic carbocycles. The highest BCUT2D eigenvalue weighted by Gasteiger charge is 2.22. The molecule has 0 saturated heterocycles. The number of hydrogen-bond donors (Lipinski definition) is 0. The number of aromatic nitrogens is 1. The van der Waals surface area contributed by atoms with Gasteiger partial charge in [0.25, 0.3) is 0 Å². The van der Waals surface area contributed by atoms with Crippen LogP contribution in [0.25, 0.3) is 10.9 Å². The maximum Gasteiger partial charge on any atom is 0.206 e. The van der Waals surface area contributed by atoms with Crippen LogP contribution in [0.4, 0.5) is 8.78 Å². The van der Waals surface area contributed by atoms with Crippen molar-refractivity contribution in [1.29, 1.82) is 0 Å². The lowest BCUT2D eigenvalue weighted by molar-refractivity contribution is 0.483. The Morgan fingerprint density at radius 1 is 1.00 bits per heavy atom. The van der Waals surface area contributed by atoms with Crippen LogP contribution in [0.5, 0.6) is 0 Å². The molecule has 0 N–H and O–H groups in total. The van der Waals surface area contributed by atoms with Crippen molar-refractivity contribution in [3.8, 4) is 0 Å². The third kappa shape index (κ3) is 3.83. The maximum absolute atomic E-state index is 13.5. The fourth-order valence-corrected chi connectivity index (χ4v) is 4.61. The first-order valence-corrected chi connectivity index (χ1v) is 10.5. The van der Waals surface area contributed by atoms with Crippen LogP contribution >= 0.6 is 0 Å². The number of sulfone groups is 1. The summed E-state index contributed by atoms with van der Waals surface area (Å²) < 4.78 is 55.0. The predicted molar refractivity (Wildman–Crippen MR) is 107 cm³/mol. The molecule has 0 aliphatic heterocycles. The fourth-order valence-electron chi connectivity index (χ4n) is 3.28. The van der Waals surface area contributed by atoms with Crippen molar-refractivity contribution >= 4 is 20.7 Å². The van der Waals surface area contributed by atoms with Crippen molar-refractivity contribution in [2.24, 2.45) is 12.5 Å². The minimum absolute atomic E-state index is 0.0209. The number of benzene rings is 2. The number of halogens is 2. The van der Waals surface area contributed by atoms with Gasteiger partial charge in [-0.2, -0.15) is 0 Å². The van der Waals surface area contributed by atoms with Crippen LogP contribution in [0.2, 0.25) is 0 Å². The van der Waals surface area contributed by atoms with Gasteiger partial charge in [-0.15, -0.1) is 0 Å². The van der Waals surface area contributed by atoms with Crippen LogP contribution in [-0.4, -0.2) is 13.0 Å². The van der Waals surface area contributed by atoms with Crippen molar-refractivity contribution in [2.75, 3.05) is 0 Å². The molecule has 149 valence electrons. The average Bonchev–Trinajstić information content (AvgIpc) is 2.82. The molecule has 6 heteroatoms. The lowest BCUT2D eigenvalue weighted by Gasteiger charge is -2.17. The van der Waals surface area contributed by atoms with Crippen LogP contribution < -0.4 is 0 Å². The van der Waals surface area contributed by atoms with E-state index >= 15 is 0 Å². The molecular formula is C22H24F2NO2S. The lowest BCUT2D eigenvalue weighted by atomic mass is 9.88. The van der Waals surface area contributed by atoms with Crippen molar-refractivity contribution in [1.82, 2.24) is 4.57 Å². The Morgan fingerprint density at radius 3 is 2.18 bits per heavy atom. The summed E-state index contributed by atoms with van der Waals surface area (Å²) >= 11 is 0. The zero-order valence-corrected chi connectivity index (χ0v) is 17.5. The standard InChI is InChI=1S/C22H24F2NO2S/c1-14-19(8-9-22(2,3)4)20-13-17(6-7-21(20)25(14)5)28(26,27)18-11-15(23)10-16(24)12-18/h6-7,9-13H,8H2,1-5H3. The molecule has 0 aliphatic rings. The minimum Gasteiger partial charge on any atom is -0.348 e. The summed E-state index contributed by atoms with van der Waals surface area (Å²) in [6.45, 7) is 8.34. The van der Waals surface area contributed by atoms with Gasteiger partial charge in [-0.25, -0.2) is 17.2 Å². The summed E-state index contributed by atoms with van der Waals surface area (Å²) in [7, 11) is -2.10. The Balaban J connectivity index is 2.15. The topological polar surface area (TPSA) is 39.1 Å². The van der Waals surface area contributed by atoms with E-state index in [2.05, 4.69) is 27.2 Å². The summed E-state index contributed by atoms with van der Waals surface area (Å²) in [5.41, 5.74) is 3.05. The average molecular weight is 405 g/mol. The second kappa shape index (κ2) is 6.99. The number of nitrogens with zero attached hydrogens (tertiary/aromatic N) is 1. The molecule has 0 spiro atoms. The highest BCUT2D eigenvalue weighted by atomic mass is 32.2. The van der Waals surface area contributed by atoms with Crippen molar-refractivity contribution in [2.45, 2.75) is 43.9 Å². The Bertz CT molecular complexity index is 1140. The second-order valence-electron chi connectivity index (χ2n) is 8.18. The van der Waals surface area contributed by atoms with Gasteiger partial charge in [-0.3, -0.25) is 0 Å². The minimum atomic E-state index is -4.04. The summed E-state index contributed by atoms with van der Waals surface area (Å²) in [5, 5.41) is 0.832. The SMILES string of the molecule is Cc1c(C[CH]C(C)(C)C)c2cc(S(=O)(=O)c3cc(F)cc(F)c3)ccc2n1C. The smallest absolute Gasteiger partial charge is 0.206 e. The van der Waals surface area contributed by atoms with Gasteiger partial charge in [0.15, 0.2) is 0 Å². The number of fused-ring (bicyclic) bond motifs is 1. The van der Waals surface area contributed by atoms with Gasteiger partial charge >= 0.3 is 0 Å². The van der Waals surface area contributed by atoms with Crippen LogP contribution in [0.3, 0.4) is 0 Å². The molecule has 0 saturated carbocycles. The molecular weight excluding hydrogens is 380 g/mol. The van der Waals surface area contributed by atoms with E-state index in [1.54, 1.807) is 12.1 Å². The van der Waals surface area contributed by atoms with Crippen LogP contribution in [0.1, 0.15) is 32.0 Å². The van der Waals surface area contributed by atoms with E-state index in [1.807, 2.05) is 18.5 Å². The highest BCUT2D eigenvalue weighted by Crippen LogP contribution is 2.32. The molecule has 1 heterocycles. The van der Waals surface area contributed by atoms with Crippen LogP contribution in [0.15, 0.2) is 46.2 Å².